The quantitative estimate of drug-likeness (QED) is 0.733. The van der Waals surface area contributed by atoms with Crippen molar-refractivity contribution in [3.05, 3.63) is 30.7 Å². The van der Waals surface area contributed by atoms with Gasteiger partial charge in [-0.3, -0.25) is 4.72 Å². The number of sulfonamides is 1. The van der Waals surface area contributed by atoms with Crippen LogP contribution in [-0.2, 0) is 10.0 Å². The molecule has 126 valence electrons. The molecule has 0 spiro atoms. The first-order chi connectivity index (χ1) is 11.1. The fourth-order valence-corrected chi connectivity index (χ4v) is 2.78. The van der Waals surface area contributed by atoms with Crippen LogP contribution in [0.25, 0.3) is 0 Å². The molecule has 2 aromatic rings. The first kappa shape index (κ1) is 17.1. The second-order valence-corrected chi connectivity index (χ2v) is 6.53. The first-order valence-electron chi connectivity index (χ1n) is 7.47. The Morgan fingerprint density at radius 1 is 1.13 bits per heavy atom. The van der Waals surface area contributed by atoms with Gasteiger partial charge in [0.05, 0.1) is 31.4 Å². The van der Waals surface area contributed by atoms with Crippen molar-refractivity contribution >= 4 is 15.7 Å². The molecule has 7 nitrogen and oxygen atoms in total. The lowest BCUT2D eigenvalue weighted by Gasteiger charge is -2.14. The highest BCUT2D eigenvalue weighted by Crippen LogP contribution is 2.31. The van der Waals surface area contributed by atoms with E-state index >= 15 is 0 Å². The number of H-pyrrole nitrogens is 1. The van der Waals surface area contributed by atoms with E-state index in [1.54, 1.807) is 18.2 Å². The van der Waals surface area contributed by atoms with Gasteiger partial charge in [0.2, 0.25) is 0 Å². The Labute approximate surface area is 136 Å². The van der Waals surface area contributed by atoms with Gasteiger partial charge < -0.3 is 14.5 Å². The third kappa shape index (κ3) is 4.62. The Morgan fingerprint density at radius 3 is 2.43 bits per heavy atom. The average Bonchev–Trinajstić information content (AvgIpc) is 3.07. The molecule has 0 saturated carbocycles. The molecular weight excluding hydrogens is 318 g/mol. The number of hydrogen-bond acceptors (Lipinski definition) is 5. The SMILES string of the molecule is CCCOc1ccc(NS(=O)(=O)c2cnc[nH]2)cc1OCCC. The minimum Gasteiger partial charge on any atom is -0.490 e. The number of rotatable bonds is 9. The van der Waals surface area contributed by atoms with Crippen LogP contribution in [0, 0.1) is 0 Å². The second kappa shape index (κ2) is 7.87. The summed E-state index contributed by atoms with van der Waals surface area (Å²) in [6, 6.07) is 4.96. The Morgan fingerprint density at radius 2 is 1.83 bits per heavy atom. The molecule has 8 heteroatoms. The normalized spacial score (nSPS) is 11.2. The van der Waals surface area contributed by atoms with Crippen LogP contribution in [-0.4, -0.2) is 31.6 Å². The van der Waals surface area contributed by atoms with E-state index in [1.807, 2.05) is 13.8 Å². The number of nitrogens with one attached hydrogen (secondary N) is 2. The number of nitrogens with zero attached hydrogens (tertiary/aromatic N) is 1. The summed E-state index contributed by atoms with van der Waals surface area (Å²) in [5.41, 5.74) is 0.398. The number of aromatic amines is 1. The van der Waals surface area contributed by atoms with Gasteiger partial charge in [-0.05, 0) is 25.0 Å². The maximum atomic E-state index is 12.2. The van der Waals surface area contributed by atoms with Crippen molar-refractivity contribution in [3.8, 4) is 11.5 Å². The van der Waals surface area contributed by atoms with Gasteiger partial charge in [0.1, 0.15) is 0 Å². The van der Waals surface area contributed by atoms with E-state index in [9.17, 15) is 8.42 Å². The number of benzene rings is 1. The monoisotopic (exact) mass is 339 g/mol. The number of hydrogen-bond donors (Lipinski definition) is 2. The Kier molecular flexibility index (Phi) is 5.86. The van der Waals surface area contributed by atoms with Crippen molar-refractivity contribution in [2.75, 3.05) is 17.9 Å². The molecule has 0 aliphatic rings. The highest BCUT2D eigenvalue weighted by molar-refractivity contribution is 7.92. The molecule has 0 radical (unpaired) electrons. The first-order valence-corrected chi connectivity index (χ1v) is 8.96. The van der Waals surface area contributed by atoms with Crippen molar-refractivity contribution in [3.63, 3.8) is 0 Å². The van der Waals surface area contributed by atoms with Gasteiger partial charge in [0.15, 0.2) is 16.5 Å². The van der Waals surface area contributed by atoms with Crippen LogP contribution in [0.4, 0.5) is 5.69 Å². The minimum atomic E-state index is -3.70. The molecule has 0 bridgehead atoms. The molecular formula is C15H21N3O4S. The van der Waals surface area contributed by atoms with E-state index in [4.69, 9.17) is 9.47 Å². The summed E-state index contributed by atoms with van der Waals surface area (Å²) in [7, 11) is -3.70. The van der Waals surface area contributed by atoms with Gasteiger partial charge in [-0.25, -0.2) is 4.98 Å². The zero-order valence-electron chi connectivity index (χ0n) is 13.2. The van der Waals surface area contributed by atoms with Crippen LogP contribution >= 0.6 is 0 Å². The van der Waals surface area contributed by atoms with Gasteiger partial charge in [0, 0.05) is 6.07 Å². The fourth-order valence-electron chi connectivity index (χ4n) is 1.83. The number of anilines is 1. The lowest BCUT2D eigenvalue weighted by atomic mass is 10.3. The second-order valence-electron chi connectivity index (χ2n) is 4.88. The number of ether oxygens (including phenoxy) is 2. The highest BCUT2D eigenvalue weighted by atomic mass is 32.2. The standard InChI is InChI=1S/C15H21N3O4S/c1-3-7-21-13-6-5-12(9-14(13)22-8-4-2)18-23(19,20)15-10-16-11-17-15/h5-6,9-11,18H,3-4,7-8H2,1-2H3,(H,16,17). The number of imidazole rings is 1. The molecule has 2 rings (SSSR count). The zero-order chi connectivity index (χ0) is 16.7. The van der Waals surface area contributed by atoms with Crippen molar-refractivity contribution in [2.45, 2.75) is 31.7 Å². The smallest absolute Gasteiger partial charge is 0.278 e. The highest BCUT2D eigenvalue weighted by Gasteiger charge is 2.17. The predicted octanol–water partition coefficient (Wildman–Crippen LogP) is 2.79. The van der Waals surface area contributed by atoms with Crippen LogP contribution in [0.5, 0.6) is 11.5 Å². The van der Waals surface area contributed by atoms with E-state index in [1.165, 1.54) is 12.5 Å². The molecule has 1 heterocycles. The summed E-state index contributed by atoms with van der Waals surface area (Å²) in [4.78, 5) is 6.28. The molecule has 0 unspecified atom stereocenters. The van der Waals surface area contributed by atoms with E-state index in [0.29, 0.717) is 30.4 Å². The Balaban J connectivity index is 2.22. The predicted molar refractivity (Wildman–Crippen MR) is 87.4 cm³/mol. The topological polar surface area (TPSA) is 93.3 Å². The Bertz CT molecular complexity index is 714. The fraction of sp³-hybridized carbons (Fsp3) is 0.400. The number of aromatic nitrogens is 2. The molecule has 0 aliphatic heterocycles. The van der Waals surface area contributed by atoms with Crippen molar-refractivity contribution in [2.24, 2.45) is 0 Å². The zero-order valence-corrected chi connectivity index (χ0v) is 14.0. The molecule has 1 aromatic heterocycles. The van der Waals surface area contributed by atoms with Crippen molar-refractivity contribution in [1.29, 1.82) is 0 Å². The largest absolute Gasteiger partial charge is 0.490 e. The van der Waals surface area contributed by atoms with Crippen LogP contribution in [0.15, 0.2) is 35.7 Å². The summed E-state index contributed by atoms with van der Waals surface area (Å²) < 4.78 is 38.1. The third-order valence-corrected chi connectivity index (χ3v) is 4.19. The summed E-state index contributed by atoms with van der Waals surface area (Å²) in [6.07, 6.45) is 4.28. The van der Waals surface area contributed by atoms with E-state index in [0.717, 1.165) is 12.8 Å². The lowest BCUT2D eigenvalue weighted by Crippen LogP contribution is -2.13. The van der Waals surface area contributed by atoms with Gasteiger partial charge in [0.25, 0.3) is 10.0 Å². The molecule has 1 aromatic carbocycles. The maximum Gasteiger partial charge on any atom is 0.278 e. The molecule has 0 aliphatic carbocycles. The molecule has 23 heavy (non-hydrogen) atoms. The van der Waals surface area contributed by atoms with Gasteiger partial charge in [-0.1, -0.05) is 13.8 Å². The molecule has 0 saturated heterocycles. The average molecular weight is 339 g/mol. The Hall–Kier alpha value is -2.22. The molecule has 2 N–H and O–H groups in total. The van der Waals surface area contributed by atoms with Crippen LogP contribution in [0.3, 0.4) is 0 Å². The van der Waals surface area contributed by atoms with Crippen LogP contribution in [0.1, 0.15) is 26.7 Å². The summed E-state index contributed by atoms with van der Waals surface area (Å²) in [5.74, 6) is 1.12. The van der Waals surface area contributed by atoms with Gasteiger partial charge in [-0.15, -0.1) is 0 Å². The maximum absolute atomic E-state index is 12.2. The molecule has 0 fully saturated rings. The van der Waals surface area contributed by atoms with Gasteiger partial charge in [-0.2, -0.15) is 8.42 Å². The minimum absolute atomic E-state index is 0.000152. The van der Waals surface area contributed by atoms with Crippen LogP contribution in [0.2, 0.25) is 0 Å². The van der Waals surface area contributed by atoms with Crippen LogP contribution < -0.4 is 14.2 Å². The van der Waals surface area contributed by atoms with E-state index in [-0.39, 0.29) is 5.03 Å². The summed E-state index contributed by atoms with van der Waals surface area (Å²) >= 11 is 0. The lowest BCUT2D eigenvalue weighted by molar-refractivity contribution is 0.268. The molecule has 0 amide bonds. The third-order valence-electron chi connectivity index (χ3n) is 2.88. The summed E-state index contributed by atoms with van der Waals surface area (Å²) in [5, 5.41) is -0.000152. The summed E-state index contributed by atoms with van der Waals surface area (Å²) in [6.45, 7) is 5.11. The van der Waals surface area contributed by atoms with Crippen molar-refractivity contribution < 1.29 is 17.9 Å². The van der Waals surface area contributed by atoms with Gasteiger partial charge >= 0.3 is 0 Å². The van der Waals surface area contributed by atoms with E-state index < -0.39 is 10.0 Å². The molecule has 0 atom stereocenters. The van der Waals surface area contributed by atoms with E-state index in [2.05, 4.69) is 14.7 Å². The van der Waals surface area contributed by atoms with Crippen molar-refractivity contribution in [1.82, 2.24) is 9.97 Å².